The van der Waals surface area contributed by atoms with Crippen molar-refractivity contribution in [2.24, 2.45) is 0 Å². The van der Waals surface area contributed by atoms with Crippen LogP contribution in [-0.2, 0) is 0 Å². The van der Waals surface area contributed by atoms with Crippen LogP contribution in [0.2, 0.25) is 0 Å². The Balaban J connectivity index is 1.61. The smallest absolute Gasteiger partial charge is 0.387 e. The van der Waals surface area contributed by atoms with Crippen molar-refractivity contribution in [3.8, 4) is 5.75 Å². The molecule has 1 heterocycles. The molecule has 1 aromatic carbocycles. The Morgan fingerprint density at radius 3 is 2.71 bits per heavy atom. The van der Waals surface area contributed by atoms with Gasteiger partial charge < -0.3 is 10.1 Å². The van der Waals surface area contributed by atoms with E-state index in [0.717, 1.165) is 31.1 Å². The van der Waals surface area contributed by atoms with Gasteiger partial charge in [-0.05, 0) is 32.3 Å². The van der Waals surface area contributed by atoms with Gasteiger partial charge in [-0.2, -0.15) is 8.78 Å². The van der Waals surface area contributed by atoms with Gasteiger partial charge in [0.05, 0.1) is 0 Å². The third kappa shape index (κ3) is 3.71. The molecule has 3 rings (SSSR count). The molecule has 116 valence electrons. The molecule has 5 heteroatoms. The lowest BCUT2D eigenvalue weighted by Crippen LogP contribution is -2.35. The van der Waals surface area contributed by atoms with Crippen molar-refractivity contribution >= 4 is 0 Å². The van der Waals surface area contributed by atoms with Crippen molar-refractivity contribution in [3.63, 3.8) is 0 Å². The molecule has 2 aliphatic rings. The van der Waals surface area contributed by atoms with Crippen LogP contribution in [-0.4, -0.2) is 36.7 Å². The first-order valence-corrected chi connectivity index (χ1v) is 7.67. The van der Waals surface area contributed by atoms with Gasteiger partial charge in [0.15, 0.2) is 0 Å². The Morgan fingerprint density at radius 2 is 2.00 bits per heavy atom. The number of para-hydroxylation sites is 1. The van der Waals surface area contributed by atoms with Crippen molar-refractivity contribution in [1.29, 1.82) is 0 Å². The average molecular weight is 296 g/mol. The monoisotopic (exact) mass is 296 g/mol. The predicted octanol–water partition coefficient (Wildman–Crippen LogP) is 3.18. The molecule has 0 radical (unpaired) electrons. The topological polar surface area (TPSA) is 24.5 Å². The van der Waals surface area contributed by atoms with E-state index in [-0.39, 0.29) is 11.8 Å². The second-order valence-corrected chi connectivity index (χ2v) is 6.02. The van der Waals surface area contributed by atoms with Gasteiger partial charge in [0.2, 0.25) is 0 Å². The Morgan fingerprint density at radius 1 is 1.24 bits per heavy atom. The van der Waals surface area contributed by atoms with Crippen LogP contribution < -0.4 is 10.1 Å². The quantitative estimate of drug-likeness (QED) is 0.872. The Kier molecular flexibility index (Phi) is 4.40. The number of rotatable bonds is 6. The van der Waals surface area contributed by atoms with E-state index in [1.807, 2.05) is 19.1 Å². The number of likely N-dealkylation sites (tertiary alicyclic amines) is 1. The van der Waals surface area contributed by atoms with Gasteiger partial charge in [0, 0.05) is 36.8 Å². The van der Waals surface area contributed by atoms with Crippen LogP contribution in [0.3, 0.4) is 0 Å². The number of benzene rings is 1. The molecule has 21 heavy (non-hydrogen) atoms. The first-order valence-electron chi connectivity index (χ1n) is 7.67. The summed E-state index contributed by atoms with van der Waals surface area (Å²) in [5, 5.41) is 3.55. The minimum Gasteiger partial charge on any atom is -0.434 e. The van der Waals surface area contributed by atoms with Crippen molar-refractivity contribution in [2.75, 3.05) is 13.1 Å². The second-order valence-electron chi connectivity index (χ2n) is 6.02. The van der Waals surface area contributed by atoms with E-state index in [4.69, 9.17) is 0 Å². The molecule has 1 aromatic rings. The van der Waals surface area contributed by atoms with Gasteiger partial charge in [0.1, 0.15) is 5.75 Å². The van der Waals surface area contributed by atoms with Gasteiger partial charge in [0.25, 0.3) is 0 Å². The van der Waals surface area contributed by atoms with Crippen molar-refractivity contribution < 1.29 is 13.5 Å². The first kappa shape index (κ1) is 14.7. The van der Waals surface area contributed by atoms with Gasteiger partial charge in [-0.1, -0.05) is 18.2 Å². The molecule has 1 saturated heterocycles. The van der Waals surface area contributed by atoms with Gasteiger partial charge in [-0.25, -0.2) is 0 Å². The lowest BCUT2D eigenvalue weighted by molar-refractivity contribution is -0.0506. The molecule has 1 aliphatic heterocycles. The summed E-state index contributed by atoms with van der Waals surface area (Å²) in [5.74, 6) is 0.268. The Bertz CT molecular complexity index is 479. The Hall–Kier alpha value is -1.20. The molecular formula is C16H22F2N2O. The van der Waals surface area contributed by atoms with E-state index < -0.39 is 6.61 Å². The van der Waals surface area contributed by atoms with E-state index in [2.05, 4.69) is 15.0 Å². The average Bonchev–Trinajstić information content (AvgIpc) is 3.19. The maximum atomic E-state index is 12.5. The summed E-state index contributed by atoms with van der Waals surface area (Å²) >= 11 is 0. The molecule has 0 aromatic heterocycles. The highest BCUT2D eigenvalue weighted by atomic mass is 19.3. The summed E-state index contributed by atoms with van der Waals surface area (Å²) in [4.78, 5) is 2.53. The highest BCUT2D eigenvalue weighted by Crippen LogP contribution is 2.31. The third-order valence-electron chi connectivity index (χ3n) is 4.37. The van der Waals surface area contributed by atoms with Gasteiger partial charge in [-0.3, -0.25) is 4.90 Å². The normalized spacial score (nSPS) is 24.5. The molecule has 2 fully saturated rings. The number of ether oxygens (including phenoxy) is 1. The summed E-state index contributed by atoms with van der Waals surface area (Å²) in [5.41, 5.74) is 0.794. The predicted molar refractivity (Wildman–Crippen MR) is 77.6 cm³/mol. The molecule has 2 atom stereocenters. The lowest BCUT2D eigenvalue weighted by Gasteiger charge is -2.22. The zero-order valence-corrected chi connectivity index (χ0v) is 12.3. The number of hydrogen-bond acceptors (Lipinski definition) is 3. The fourth-order valence-corrected chi connectivity index (χ4v) is 3.18. The number of hydrogen-bond donors (Lipinski definition) is 1. The van der Waals surface area contributed by atoms with Crippen LogP contribution in [0.15, 0.2) is 24.3 Å². The Labute approximate surface area is 124 Å². The van der Waals surface area contributed by atoms with Crippen LogP contribution in [0.1, 0.15) is 37.8 Å². The van der Waals surface area contributed by atoms with Crippen LogP contribution in [0.5, 0.6) is 5.75 Å². The van der Waals surface area contributed by atoms with Gasteiger partial charge >= 0.3 is 6.61 Å². The van der Waals surface area contributed by atoms with E-state index >= 15 is 0 Å². The van der Waals surface area contributed by atoms with Crippen LogP contribution in [0.25, 0.3) is 0 Å². The molecule has 1 N–H and O–H groups in total. The summed E-state index contributed by atoms with van der Waals surface area (Å²) in [6, 6.07) is 8.26. The first-order chi connectivity index (χ1) is 10.1. The van der Waals surface area contributed by atoms with E-state index in [1.54, 1.807) is 12.1 Å². The minimum atomic E-state index is -2.78. The third-order valence-corrected chi connectivity index (χ3v) is 4.37. The zero-order chi connectivity index (χ0) is 14.8. The fraction of sp³-hybridized carbons (Fsp3) is 0.625. The maximum Gasteiger partial charge on any atom is 0.387 e. The number of halogens is 2. The molecule has 1 saturated carbocycles. The van der Waals surface area contributed by atoms with Crippen molar-refractivity contribution in [3.05, 3.63) is 29.8 Å². The molecule has 2 unspecified atom stereocenters. The summed E-state index contributed by atoms with van der Waals surface area (Å²) in [6.45, 7) is 1.43. The molecule has 1 aliphatic carbocycles. The van der Waals surface area contributed by atoms with E-state index in [9.17, 15) is 8.78 Å². The fourth-order valence-electron chi connectivity index (χ4n) is 3.18. The van der Waals surface area contributed by atoms with Gasteiger partial charge in [-0.15, -0.1) is 0 Å². The summed E-state index contributed by atoms with van der Waals surface area (Å²) < 4.78 is 29.5. The highest BCUT2D eigenvalue weighted by Gasteiger charge is 2.34. The second kappa shape index (κ2) is 6.28. The molecular weight excluding hydrogens is 274 g/mol. The van der Waals surface area contributed by atoms with Crippen LogP contribution in [0.4, 0.5) is 8.78 Å². The summed E-state index contributed by atoms with van der Waals surface area (Å²) in [6.07, 6.45) is 3.78. The molecule has 3 nitrogen and oxygen atoms in total. The molecule has 0 spiro atoms. The zero-order valence-electron chi connectivity index (χ0n) is 12.3. The maximum absolute atomic E-state index is 12.5. The van der Waals surface area contributed by atoms with Crippen LogP contribution in [0, 0.1) is 0 Å². The van der Waals surface area contributed by atoms with E-state index in [0.29, 0.717) is 6.04 Å². The van der Waals surface area contributed by atoms with E-state index in [1.165, 1.54) is 12.8 Å². The summed E-state index contributed by atoms with van der Waals surface area (Å²) in [7, 11) is 0. The van der Waals surface area contributed by atoms with Crippen molar-refractivity contribution in [2.45, 2.75) is 50.9 Å². The number of nitrogens with one attached hydrogen (secondary N) is 1. The highest BCUT2D eigenvalue weighted by molar-refractivity contribution is 5.35. The number of nitrogens with zero attached hydrogens (tertiary/aromatic N) is 1. The SMILES string of the molecule is CC(NC1CCN(C2CC2)C1)c1ccccc1OC(F)F. The van der Waals surface area contributed by atoms with Crippen molar-refractivity contribution in [1.82, 2.24) is 10.2 Å². The largest absolute Gasteiger partial charge is 0.434 e. The minimum absolute atomic E-state index is 0.00380. The standard InChI is InChI=1S/C16H22F2N2O/c1-11(14-4-2-3-5-15(14)21-16(17)18)19-12-8-9-20(10-12)13-6-7-13/h2-5,11-13,16,19H,6-10H2,1H3. The molecule has 0 amide bonds. The van der Waals surface area contributed by atoms with Crippen LogP contribution >= 0.6 is 0 Å². The number of alkyl halides is 2. The molecule has 0 bridgehead atoms. The lowest BCUT2D eigenvalue weighted by atomic mass is 10.1.